The first kappa shape index (κ1) is 14.9. The van der Waals surface area contributed by atoms with Gasteiger partial charge in [-0.3, -0.25) is 4.98 Å². The van der Waals surface area contributed by atoms with Gasteiger partial charge in [-0.1, -0.05) is 12.1 Å². The third kappa shape index (κ3) is 2.70. The number of hydrogen-bond acceptors (Lipinski definition) is 4. The summed E-state index contributed by atoms with van der Waals surface area (Å²) >= 11 is 0. The average Bonchev–Trinajstić information content (AvgIpc) is 3.31. The third-order valence-corrected chi connectivity index (χ3v) is 5.63. The molecule has 0 spiro atoms. The Kier molecular flexibility index (Phi) is 3.69. The Morgan fingerprint density at radius 2 is 1.76 bits per heavy atom. The van der Waals surface area contributed by atoms with Gasteiger partial charge in [0.25, 0.3) is 6.02 Å². The zero-order valence-electron chi connectivity index (χ0n) is 14.4. The summed E-state index contributed by atoms with van der Waals surface area (Å²) in [6.07, 6.45) is 10.3. The van der Waals surface area contributed by atoms with Crippen LogP contribution in [0.4, 0.5) is 5.69 Å². The van der Waals surface area contributed by atoms with Gasteiger partial charge in [-0.05, 0) is 79.3 Å². The Hall–Kier alpha value is -2.36. The van der Waals surface area contributed by atoms with Crippen LogP contribution in [0.3, 0.4) is 0 Å². The zero-order valence-corrected chi connectivity index (χ0v) is 14.4. The molecule has 1 aromatic heterocycles. The number of benzene rings is 1. The Bertz CT molecular complexity index is 829. The molecule has 0 radical (unpaired) electrons. The minimum atomic E-state index is -0.0729. The molecule has 4 heteroatoms. The molecule has 2 heterocycles. The quantitative estimate of drug-likeness (QED) is 0.904. The summed E-state index contributed by atoms with van der Waals surface area (Å²) in [5.41, 5.74) is 8.30. The summed E-state index contributed by atoms with van der Waals surface area (Å²) in [6.45, 7) is 0.635. The van der Waals surface area contributed by atoms with E-state index in [-0.39, 0.29) is 6.10 Å². The summed E-state index contributed by atoms with van der Waals surface area (Å²) in [7, 11) is 0. The molecule has 2 aliphatic carbocycles. The third-order valence-electron chi connectivity index (χ3n) is 5.63. The normalized spacial score (nSPS) is 21.3. The number of nitrogens with zero attached hydrogens (tertiary/aromatic N) is 2. The van der Waals surface area contributed by atoms with E-state index in [9.17, 15) is 0 Å². The summed E-state index contributed by atoms with van der Waals surface area (Å²) in [5, 5.41) is 3.57. The van der Waals surface area contributed by atoms with Crippen molar-refractivity contribution in [2.75, 3.05) is 11.9 Å². The molecule has 0 amide bonds. The summed E-state index contributed by atoms with van der Waals surface area (Å²) in [5.74, 6) is 0. The molecule has 0 bridgehead atoms. The lowest BCUT2D eigenvalue weighted by Crippen LogP contribution is -2.18. The first-order chi connectivity index (χ1) is 12.4. The Balaban J connectivity index is 1.42. The Labute approximate surface area is 148 Å². The number of hydrogen-bond donors (Lipinski definition) is 1. The molecule has 0 saturated carbocycles. The van der Waals surface area contributed by atoms with E-state index in [1.807, 2.05) is 24.4 Å². The van der Waals surface area contributed by atoms with E-state index in [1.54, 1.807) is 0 Å². The first-order valence-electron chi connectivity index (χ1n) is 9.44. The Morgan fingerprint density at radius 1 is 0.960 bits per heavy atom. The largest absolute Gasteiger partial charge is 0.453 e. The van der Waals surface area contributed by atoms with E-state index >= 15 is 0 Å². The average molecular weight is 333 g/mol. The number of rotatable bonds is 2. The number of aromatic nitrogens is 1. The number of fused-ring (bicyclic) bond motifs is 2. The van der Waals surface area contributed by atoms with Gasteiger partial charge in [0, 0.05) is 11.9 Å². The van der Waals surface area contributed by atoms with Crippen LogP contribution in [0.2, 0.25) is 0 Å². The molecular formula is C21H23N3O. The highest BCUT2D eigenvalue weighted by Crippen LogP contribution is 2.38. The van der Waals surface area contributed by atoms with E-state index in [0.717, 1.165) is 5.69 Å². The van der Waals surface area contributed by atoms with Gasteiger partial charge in [-0.2, -0.15) is 0 Å². The highest BCUT2D eigenvalue weighted by atomic mass is 16.5. The molecule has 2 aromatic rings. The molecule has 3 aliphatic rings. The van der Waals surface area contributed by atoms with E-state index in [2.05, 4.69) is 21.4 Å². The van der Waals surface area contributed by atoms with Gasteiger partial charge in [0.05, 0.1) is 12.2 Å². The number of amidine groups is 1. The number of pyridine rings is 1. The lowest BCUT2D eigenvalue weighted by Gasteiger charge is -2.23. The van der Waals surface area contributed by atoms with Crippen molar-refractivity contribution in [1.29, 1.82) is 0 Å². The number of anilines is 1. The fourth-order valence-electron chi connectivity index (χ4n) is 4.40. The fraction of sp³-hybridized carbons (Fsp3) is 0.429. The molecule has 1 aromatic carbocycles. The molecule has 1 aliphatic heterocycles. The standard InChI is InChI=1S/C21H23N3O/c1-2-8-16-14(6-1)12-15-7-5-9-17(15)20(16)24-21-23-13-19(25-21)18-10-3-4-11-22-18/h3-4,10-12,19H,1-2,5-9,13H2,(H,23,24). The minimum Gasteiger partial charge on any atom is -0.453 e. The van der Waals surface area contributed by atoms with Crippen molar-refractivity contribution in [2.45, 2.75) is 51.0 Å². The van der Waals surface area contributed by atoms with Crippen molar-refractivity contribution in [3.8, 4) is 0 Å². The number of ether oxygens (including phenoxy) is 1. The monoisotopic (exact) mass is 333 g/mol. The summed E-state index contributed by atoms with van der Waals surface area (Å²) in [4.78, 5) is 9.01. The second kappa shape index (κ2) is 6.17. The van der Waals surface area contributed by atoms with Crippen LogP contribution in [-0.2, 0) is 30.4 Å². The molecule has 1 N–H and O–H groups in total. The van der Waals surface area contributed by atoms with Gasteiger partial charge in [0.15, 0.2) is 6.10 Å². The van der Waals surface area contributed by atoms with Crippen LogP contribution in [0.25, 0.3) is 0 Å². The molecule has 1 unspecified atom stereocenters. The number of aryl methyl sites for hydroxylation is 2. The van der Waals surface area contributed by atoms with Crippen LogP contribution >= 0.6 is 0 Å². The lowest BCUT2D eigenvalue weighted by atomic mass is 9.87. The van der Waals surface area contributed by atoms with Crippen LogP contribution in [0.5, 0.6) is 0 Å². The highest BCUT2D eigenvalue weighted by Gasteiger charge is 2.27. The molecular weight excluding hydrogens is 310 g/mol. The Morgan fingerprint density at radius 3 is 2.60 bits per heavy atom. The smallest absolute Gasteiger partial charge is 0.290 e. The summed E-state index contributed by atoms with van der Waals surface area (Å²) < 4.78 is 6.08. The van der Waals surface area contributed by atoms with Crippen LogP contribution in [0, 0.1) is 0 Å². The van der Waals surface area contributed by atoms with Crippen LogP contribution < -0.4 is 5.32 Å². The molecule has 4 nitrogen and oxygen atoms in total. The minimum absolute atomic E-state index is 0.0729. The number of aliphatic imine (C=N–C) groups is 1. The van der Waals surface area contributed by atoms with Crippen molar-refractivity contribution >= 4 is 11.7 Å². The molecule has 25 heavy (non-hydrogen) atoms. The van der Waals surface area contributed by atoms with E-state index in [0.29, 0.717) is 12.6 Å². The maximum Gasteiger partial charge on any atom is 0.290 e. The van der Waals surface area contributed by atoms with Crippen LogP contribution in [0.1, 0.15) is 53.3 Å². The van der Waals surface area contributed by atoms with E-state index in [1.165, 1.54) is 72.9 Å². The van der Waals surface area contributed by atoms with Crippen LogP contribution in [-0.4, -0.2) is 17.6 Å². The van der Waals surface area contributed by atoms with Crippen LogP contribution in [0.15, 0.2) is 35.5 Å². The van der Waals surface area contributed by atoms with Gasteiger partial charge < -0.3 is 10.1 Å². The van der Waals surface area contributed by atoms with Gasteiger partial charge in [-0.15, -0.1) is 0 Å². The maximum atomic E-state index is 6.08. The van der Waals surface area contributed by atoms with Gasteiger partial charge >= 0.3 is 0 Å². The van der Waals surface area contributed by atoms with Gasteiger partial charge in [-0.25, -0.2) is 4.99 Å². The summed E-state index contributed by atoms with van der Waals surface area (Å²) in [6, 6.07) is 9.06. The predicted molar refractivity (Wildman–Crippen MR) is 99.1 cm³/mol. The van der Waals surface area contributed by atoms with E-state index in [4.69, 9.17) is 4.74 Å². The number of nitrogens with one attached hydrogen (secondary N) is 1. The first-order valence-corrected chi connectivity index (χ1v) is 9.44. The highest BCUT2D eigenvalue weighted by molar-refractivity contribution is 5.92. The molecule has 0 saturated heterocycles. The van der Waals surface area contributed by atoms with E-state index < -0.39 is 0 Å². The SMILES string of the molecule is c1ccc(C2CN=C(Nc3c4c(cc5c3CCC5)CCCC4)O2)nc1. The van der Waals surface area contributed by atoms with Crippen molar-refractivity contribution < 1.29 is 4.74 Å². The molecule has 0 fully saturated rings. The second-order valence-corrected chi connectivity index (χ2v) is 7.22. The van der Waals surface area contributed by atoms with Crippen molar-refractivity contribution in [1.82, 2.24) is 4.98 Å². The van der Waals surface area contributed by atoms with Crippen molar-refractivity contribution in [3.05, 3.63) is 58.4 Å². The molecule has 128 valence electrons. The van der Waals surface area contributed by atoms with Crippen molar-refractivity contribution in [3.63, 3.8) is 0 Å². The van der Waals surface area contributed by atoms with Crippen molar-refractivity contribution in [2.24, 2.45) is 4.99 Å². The fourth-order valence-corrected chi connectivity index (χ4v) is 4.40. The topological polar surface area (TPSA) is 46.5 Å². The zero-order chi connectivity index (χ0) is 16.6. The van der Waals surface area contributed by atoms with Gasteiger partial charge in [0.1, 0.15) is 0 Å². The maximum absolute atomic E-state index is 6.08. The molecule has 5 rings (SSSR count). The lowest BCUT2D eigenvalue weighted by molar-refractivity contribution is 0.224. The molecule has 1 atom stereocenters. The van der Waals surface area contributed by atoms with Gasteiger partial charge in [0.2, 0.25) is 0 Å². The second-order valence-electron chi connectivity index (χ2n) is 7.22. The predicted octanol–water partition coefficient (Wildman–Crippen LogP) is 3.99.